The van der Waals surface area contributed by atoms with Crippen molar-refractivity contribution in [2.24, 2.45) is 0 Å². The zero-order chi connectivity index (χ0) is 17.1. The molecule has 0 fully saturated rings. The van der Waals surface area contributed by atoms with Crippen molar-refractivity contribution < 1.29 is 9.18 Å². The third kappa shape index (κ3) is 3.21. The molecule has 3 rings (SSSR count). The minimum atomic E-state index is -0.512. The van der Waals surface area contributed by atoms with Crippen molar-refractivity contribution >= 4 is 23.3 Å². The van der Waals surface area contributed by atoms with Crippen molar-refractivity contribution in [2.45, 2.75) is 6.04 Å². The largest absolute Gasteiger partial charge is 0.381 e. The highest BCUT2D eigenvalue weighted by atomic mass is 35.5. The lowest BCUT2D eigenvalue weighted by Gasteiger charge is -2.19. The number of nitrogens with two attached hydrogens (primary N) is 1. The van der Waals surface area contributed by atoms with Crippen molar-refractivity contribution in [2.75, 3.05) is 5.73 Å². The van der Waals surface area contributed by atoms with Crippen LogP contribution in [0.5, 0.6) is 0 Å². The molecule has 4 N–H and O–H groups in total. The first-order valence-corrected chi connectivity index (χ1v) is 7.39. The van der Waals surface area contributed by atoms with Gasteiger partial charge in [0.2, 0.25) is 0 Å². The average molecular weight is 346 g/mol. The number of H-pyrrole nitrogens is 1. The molecule has 1 atom stereocenters. The number of aromatic nitrogens is 3. The number of carbonyl (C=O) groups is 1. The minimum absolute atomic E-state index is 0.0454. The van der Waals surface area contributed by atoms with Gasteiger partial charge < -0.3 is 11.1 Å². The van der Waals surface area contributed by atoms with Crippen LogP contribution in [0, 0.1) is 5.82 Å². The minimum Gasteiger partial charge on any atom is -0.381 e. The molecule has 0 bridgehead atoms. The predicted molar refractivity (Wildman–Crippen MR) is 88.0 cm³/mol. The monoisotopic (exact) mass is 345 g/mol. The Kier molecular flexibility index (Phi) is 4.43. The van der Waals surface area contributed by atoms with Crippen LogP contribution in [-0.2, 0) is 0 Å². The van der Waals surface area contributed by atoms with Crippen molar-refractivity contribution in [3.05, 3.63) is 76.5 Å². The molecule has 0 aliphatic rings. The molecule has 3 aromatic rings. The van der Waals surface area contributed by atoms with Crippen LogP contribution in [0.15, 0.2) is 48.8 Å². The SMILES string of the molecule is Nc1n[nH]c(C(=O)N[C@H](c2ccncc2)c2ccc(F)cc2)c1Cl. The Balaban J connectivity index is 1.95. The first-order valence-electron chi connectivity index (χ1n) is 7.02. The zero-order valence-electron chi connectivity index (χ0n) is 12.3. The second kappa shape index (κ2) is 6.67. The Morgan fingerprint density at radius 3 is 2.38 bits per heavy atom. The van der Waals surface area contributed by atoms with E-state index < -0.39 is 11.9 Å². The first-order chi connectivity index (χ1) is 11.6. The molecule has 0 aliphatic heterocycles. The van der Waals surface area contributed by atoms with Crippen LogP contribution in [0.25, 0.3) is 0 Å². The molecule has 0 saturated heterocycles. The number of benzene rings is 1. The molecular weight excluding hydrogens is 333 g/mol. The lowest BCUT2D eigenvalue weighted by Crippen LogP contribution is -2.29. The Morgan fingerprint density at radius 2 is 1.79 bits per heavy atom. The van der Waals surface area contributed by atoms with Crippen LogP contribution in [0.4, 0.5) is 10.2 Å². The summed E-state index contributed by atoms with van der Waals surface area (Å²) >= 11 is 5.96. The van der Waals surface area contributed by atoms with Gasteiger partial charge >= 0.3 is 0 Å². The van der Waals surface area contributed by atoms with E-state index in [2.05, 4.69) is 20.5 Å². The Morgan fingerprint density at radius 1 is 1.17 bits per heavy atom. The fourth-order valence-corrected chi connectivity index (χ4v) is 2.44. The van der Waals surface area contributed by atoms with E-state index in [4.69, 9.17) is 17.3 Å². The van der Waals surface area contributed by atoms with Gasteiger partial charge in [0.25, 0.3) is 5.91 Å². The number of aromatic amines is 1. The summed E-state index contributed by atoms with van der Waals surface area (Å²) in [5.74, 6) is -0.790. The van der Waals surface area contributed by atoms with Crippen LogP contribution >= 0.6 is 11.6 Å². The molecule has 2 aromatic heterocycles. The third-order valence-electron chi connectivity index (χ3n) is 3.48. The number of nitrogens with zero attached hydrogens (tertiary/aromatic N) is 2. The quantitative estimate of drug-likeness (QED) is 0.677. The van der Waals surface area contributed by atoms with E-state index in [1.54, 1.807) is 36.7 Å². The summed E-state index contributed by atoms with van der Waals surface area (Å²) in [7, 11) is 0. The molecule has 24 heavy (non-hydrogen) atoms. The van der Waals surface area contributed by atoms with Crippen LogP contribution in [-0.4, -0.2) is 21.1 Å². The Labute approximate surface area is 141 Å². The number of anilines is 1. The number of amides is 1. The maximum atomic E-state index is 13.2. The molecule has 2 heterocycles. The standard InChI is InChI=1S/C16H13ClFN5O/c17-12-14(22-23-15(12)19)16(24)21-13(10-5-7-20-8-6-10)9-1-3-11(18)4-2-9/h1-8,13H,(H,21,24)(H3,19,22,23)/t13-/m0/s1. The number of carbonyl (C=O) groups excluding carboxylic acids is 1. The molecule has 6 nitrogen and oxygen atoms in total. The van der Waals surface area contributed by atoms with E-state index in [0.29, 0.717) is 5.56 Å². The molecule has 0 spiro atoms. The second-order valence-electron chi connectivity index (χ2n) is 5.04. The van der Waals surface area contributed by atoms with Crippen molar-refractivity contribution in [1.82, 2.24) is 20.5 Å². The van der Waals surface area contributed by atoms with Crippen LogP contribution in [0.2, 0.25) is 5.02 Å². The molecular formula is C16H13ClFN5O. The predicted octanol–water partition coefficient (Wildman–Crippen LogP) is 2.70. The summed E-state index contributed by atoms with van der Waals surface area (Å²) in [5.41, 5.74) is 7.10. The Bertz CT molecular complexity index is 851. The van der Waals surface area contributed by atoms with Gasteiger partial charge in [0.05, 0.1) is 6.04 Å². The van der Waals surface area contributed by atoms with Gasteiger partial charge in [0.15, 0.2) is 5.82 Å². The van der Waals surface area contributed by atoms with Gasteiger partial charge in [-0.3, -0.25) is 14.9 Å². The van der Waals surface area contributed by atoms with Gasteiger partial charge in [-0.25, -0.2) is 4.39 Å². The van der Waals surface area contributed by atoms with Gasteiger partial charge in [-0.05, 0) is 35.4 Å². The number of nitrogen functional groups attached to an aromatic ring is 1. The van der Waals surface area contributed by atoms with Gasteiger partial charge in [0, 0.05) is 12.4 Å². The number of rotatable bonds is 4. The number of hydrogen-bond donors (Lipinski definition) is 3. The highest BCUT2D eigenvalue weighted by molar-refractivity contribution is 6.35. The highest BCUT2D eigenvalue weighted by Crippen LogP contribution is 2.24. The van der Waals surface area contributed by atoms with Gasteiger partial charge in [0.1, 0.15) is 16.5 Å². The van der Waals surface area contributed by atoms with E-state index in [1.165, 1.54) is 12.1 Å². The lowest BCUT2D eigenvalue weighted by atomic mass is 9.99. The summed E-state index contributed by atoms with van der Waals surface area (Å²) in [6.07, 6.45) is 3.22. The van der Waals surface area contributed by atoms with E-state index in [0.717, 1.165) is 5.56 Å². The summed E-state index contributed by atoms with van der Waals surface area (Å²) in [5, 5.41) is 9.10. The van der Waals surface area contributed by atoms with Gasteiger partial charge in [-0.1, -0.05) is 23.7 Å². The number of hydrogen-bond acceptors (Lipinski definition) is 4. The second-order valence-corrected chi connectivity index (χ2v) is 5.41. The van der Waals surface area contributed by atoms with Gasteiger partial charge in [-0.15, -0.1) is 0 Å². The molecule has 8 heteroatoms. The van der Waals surface area contributed by atoms with Crippen LogP contribution < -0.4 is 11.1 Å². The normalized spacial score (nSPS) is 11.9. The number of nitrogens with one attached hydrogen (secondary N) is 2. The summed E-state index contributed by atoms with van der Waals surface area (Å²) in [6.45, 7) is 0. The highest BCUT2D eigenvalue weighted by Gasteiger charge is 2.22. The molecule has 0 unspecified atom stereocenters. The molecule has 0 saturated carbocycles. The lowest BCUT2D eigenvalue weighted by molar-refractivity contribution is 0.0938. The molecule has 122 valence electrons. The third-order valence-corrected chi connectivity index (χ3v) is 3.86. The molecule has 1 aromatic carbocycles. The summed E-state index contributed by atoms with van der Waals surface area (Å²) < 4.78 is 13.2. The van der Waals surface area contributed by atoms with Crippen molar-refractivity contribution in [3.8, 4) is 0 Å². The van der Waals surface area contributed by atoms with Gasteiger partial charge in [-0.2, -0.15) is 5.10 Å². The van der Waals surface area contributed by atoms with Crippen LogP contribution in [0.1, 0.15) is 27.7 Å². The topological polar surface area (TPSA) is 96.7 Å². The Hall–Kier alpha value is -2.93. The summed E-state index contributed by atoms with van der Waals surface area (Å²) in [6, 6.07) is 8.87. The maximum absolute atomic E-state index is 13.2. The molecule has 0 radical (unpaired) electrons. The van der Waals surface area contributed by atoms with E-state index in [1.807, 2.05) is 0 Å². The van der Waals surface area contributed by atoms with Crippen molar-refractivity contribution in [3.63, 3.8) is 0 Å². The smallest absolute Gasteiger partial charge is 0.271 e. The summed E-state index contributed by atoms with van der Waals surface area (Å²) in [4.78, 5) is 16.5. The fourth-order valence-electron chi connectivity index (χ4n) is 2.27. The number of pyridine rings is 1. The van der Waals surface area contributed by atoms with E-state index >= 15 is 0 Å². The maximum Gasteiger partial charge on any atom is 0.271 e. The van der Waals surface area contributed by atoms with E-state index in [9.17, 15) is 9.18 Å². The first kappa shape index (κ1) is 15.9. The number of halogens is 2. The zero-order valence-corrected chi connectivity index (χ0v) is 13.1. The molecule has 1 amide bonds. The van der Waals surface area contributed by atoms with E-state index in [-0.39, 0.29) is 22.4 Å². The van der Waals surface area contributed by atoms with Crippen LogP contribution in [0.3, 0.4) is 0 Å². The molecule has 0 aliphatic carbocycles. The van der Waals surface area contributed by atoms with Crippen molar-refractivity contribution in [1.29, 1.82) is 0 Å². The average Bonchev–Trinajstić information content (AvgIpc) is 2.94. The fraction of sp³-hybridized carbons (Fsp3) is 0.0625.